The van der Waals surface area contributed by atoms with Crippen LogP contribution in [-0.4, -0.2) is 35.1 Å². The highest BCUT2D eigenvalue weighted by atomic mass is 32.2. The maximum Gasteiger partial charge on any atom is 0.272 e. The Balaban J connectivity index is 1.21. The number of anilines is 2. The summed E-state index contributed by atoms with van der Waals surface area (Å²) in [5, 5.41) is 12.7. The van der Waals surface area contributed by atoms with Crippen LogP contribution in [0.25, 0.3) is 16.3 Å². The monoisotopic (exact) mass is 614 g/mol. The number of amides is 3. The van der Waals surface area contributed by atoms with Crippen molar-refractivity contribution < 1.29 is 19.1 Å². The maximum absolute atomic E-state index is 13.2. The Bertz CT molecular complexity index is 1730. The molecule has 3 aromatic carbocycles. The van der Waals surface area contributed by atoms with Crippen molar-refractivity contribution in [1.82, 2.24) is 10.3 Å². The van der Waals surface area contributed by atoms with E-state index in [4.69, 9.17) is 4.74 Å². The van der Waals surface area contributed by atoms with E-state index in [2.05, 4.69) is 20.9 Å². The molecule has 0 radical (unpaired) electrons. The van der Waals surface area contributed by atoms with Crippen molar-refractivity contribution in [2.75, 3.05) is 23.0 Å². The van der Waals surface area contributed by atoms with Crippen LogP contribution in [0.5, 0.6) is 5.75 Å². The normalized spacial score (nSPS) is 11.2. The summed E-state index contributed by atoms with van der Waals surface area (Å²) in [4.78, 5) is 44.0. The van der Waals surface area contributed by atoms with Crippen molar-refractivity contribution in [3.63, 3.8) is 0 Å². The van der Waals surface area contributed by atoms with Crippen molar-refractivity contribution in [3.05, 3.63) is 106 Å². The van der Waals surface area contributed by atoms with Gasteiger partial charge in [0.2, 0.25) is 5.91 Å². The number of rotatable bonds is 11. The second-order valence-electron chi connectivity index (χ2n) is 8.84. The SMILES string of the molecule is CCOc1ccc2nc(NC(=O)CSc3cccc(NC(=O)/C(=C/c4ccsc4)NC(=O)c4ccccc4)c3)sc2c1. The molecule has 0 saturated heterocycles. The Morgan fingerprint density at radius 1 is 0.976 bits per heavy atom. The molecule has 0 bridgehead atoms. The second-order valence-corrected chi connectivity index (χ2v) is 11.7. The molecular formula is C31H26N4O4S3. The first-order valence-corrected chi connectivity index (χ1v) is 15.7. The van der Waals surface area contributed by atoms with Gasteiger partial charge in [-0.1, -0.05) is 35.6 Å². The fourth-order valence-corrected chi connectivity index (χ4v) is 6.13. The fourth-order valence-electron chi connectivity index (χ4n) is 3.85. The number of thioether (sulfide) groups is 1. The lowest BCUT2D eigenvalue weighted by atomic mass is 10.2. The highest BCUT2D eigenvalue weighted by molar-refractivity contribution is 8.00. The molecule has 5 aromatic rings. The number of carbonyl (C=O) groups excluding carboxylic acids is 3. The van der Waals surface area contributed by atoms with Crippen LogP contribution in [0.2, 0.25) is 0 Å². The van der Waals surface area contributed by atoms with Crippen molar-refractivity contribution in [3.8, 4) is 5.75 Å². The molecule has 11 heteroatoms. The zero-order chi connectivity index (χ0) is 29.3. The second kappa shape index (κ2) is 13.9. The summed E-state index contributed by atoms with van der Waals surface area (Å²) >= 11 is 4.22. The van der Waals surface area contributed by atoms with Gasteiger partial charge in [0.15, 0.2) is 5.13 Å². The van der Waals surface area contributed by atoms with Crippen molar-refractivity contribution in [1.29, 1.82) is 0 Å². The Hall–Kier alpha value is -4.45. The Morgan fingerprint density at radius 2 is 1.83 bits per heavy atom. The van der Waals surface area contributed by atoms with Gasteiger partial charge in [-0.3, -0.25) is 14.4 Å². The Kier molecular flexibility index (Phi) is 9.65. The zero-order valence-corrected chi connectivity index (χ0v) is 24.9. The summed E-state index contributed by atoms with van der Waals surface area (Å²) in [5.74, 6) is -0.113. The first-order chi connectivity index (χ1) is 20.5. The number of hydrogen-bond acceptors (Lipinski definition) is 8. The third-order valence-corrected chi connectivity index (χ3v) is 8.39. The van der Waals surface area contributed by atoms with Gasteiger partial charge in [0.25, 0.3) is 11.8 Å². The van der Waals surface area contributed by atoms with E-state index >= 15 is 0 Å². The lowest BCUT2D eigenvalue weighted by Gasteiger charge is -2.12. The predicted octanol–water partition coefficient (Wildman–Crippen LogP) is 6.90. The van der Waals surface area contributed by atoms with E-state index in [0.717, 1.165) is 26.4 Å². The van der Waals surface area contributed by atoms with E-state index in [0.29, 0.717) is 23.0 Å². The van der Waals surface area contributed by atoms with Gasteiger partial charge >= 0.3 is 0 Å². The quantitative estimate of drug-likeness (QED) is 0.110. The first-order valence-electron chi connectivity index (χ1n) is 12.9. The topological polar surface area (TPSA) is 109 Å². The minimum absolute atomic E-state index is 0.115. The van der Waals surface area contributed by atoms with Crippen LogP contribution in [0.15, 0.2) is 100 Å². The number of nitrogens with zero attached hydrogens (tertiary/aromatic N) is 1. The van der Waals surface area contributed by atoms with Gasteiger partial charge in [-0.25, -0.2) is 4.98 Å². The third-order valence-electron chi connectivity index (χ3n) is 5.76. The van der Waals surface area contributed by atoms with Crippen molar-refractivity contribution in [2.45, 2.75) is 11.8 Å². The number of thiophene rings is 1. The molecule has 2 aromatic heterocycles. The fraction of sp³-hybridized carbons (Fsp3) is 0.0968. The molecule has 0 spiro atoms. The zero-order valence-electron chi connectivity index (χ0n) is 22.5. The molecular weight excluding hydrogens is 589 g/mol. The summed E-state index contributed by atoms with van der Waals surface area (Å²) in [6.45, 7) is 2.50. The van der Waals surface area contributed by atoms with Gasteiger partial charge in [-0.2, -0.15) is 11.3 Å². The van der Waals surface area contributed by atoms with Crippen molar-refractivity contribution >= 4 is 79.3 Å². The third kappa shape index (κ3) is 7.84. The standard InChI is InChI=1S/C31H26N4O4S3/c1-2-39-23-11-12-25-27(17-23)42-31(34-25)35-28(36)19-41-24-10-6-9-22(16-24)32-30(38)26(15-20-13-14-40-18-20)33-29(37)21-7-4-3-5-8-21/h3-18H,2,19H2,1H3,(H,32,38)(H,33,37)(H,34,35,36)/b26-15-. The summed E-state index contributed by atoms with van der Waals surface area (Å²) in [6.07, 6.45) is 1.63. The van der Waals surface area contributed by atoms with Gasteiger partial charge in [0, 0.05) is 16.1 Å². The summed E-state index contributed by atoms with van der Waals surface area (Å²) in [6, 6.07) is 23.4. The lowest BCUT2D eigenvalue weighted by Crippen LogP contribution is -2.30. The Morgan fingerprint density at radius 3 is 2.62 bits per heavy atom. The van der Waals surface area contributed by atoms with Gasteiger partial charge < -0.3 is 20.7 Å². The molecule has 0 fully saturated rings. The minimum atomic E-state index is -0.464. The highest BCUT2D eigenvalue weighted by Gasteiger charge is 2.16. The van der Waals surface area contributed by atoms with E-state index in [1.54, 1.807) is 48.5 Å². The van der Waals surface area contributed by atoms with Gasteiger partial charge in [-0.15, -0.1) is 11.8 Å². The first kappa shape index (κ1) is 29.1. The molecule has 0 atom stereocenters. The number of nitrogens with one attached hydrogen (secondary N) is 3. The van der Waals surface area contributed by atoms with Crippen LogP contribution in [0, 0.1) is 0 Å². The number of thiazole rings is 1. The molecule has 0 aliphatic heterocycles. The molecule has 0 aliphatic rings. The molecule has 3 N–H and O–H groups in total. The molecule has 0 saturated carbocycles. The summed E-state index contributed by atoms with van der Waals surface area (Å²) in [7, 11) is 0. The van der Waals surface area contributed by atoms with Gasteiger partial charge in [-0.05, 0) is 83.9 Å². The molecule has 8 nitrogen and oxygen atoms in total. The number of hydrogen-bond donors (Lipinski definition) is 3. The summed E-state index contributed by atoms with van der Waals surface area (Å²) in [5.41, 5.74) is 2.69. The smallest absolute Gasteiger partial charge is 0.272 e. The summed E-state index contributed by atoms with van der Waals surface area (Å²) < 4.78 is 6.47. The molecule has 2 heterocycles. The van der Waals surface area contributed by atoms with E-state index in [9.17, 15) is 14.4 Å². The number of ether oxygens (including phenoxy) is 1. The van der Waals surface area contributed by atoms with Gasteiger partial charge in [0.05, 0.1) is 22.6 Å². The van der Waals surface area contributed by atoms with E-state index in [-0.39, 0.29) is 23.3 Å². The largest absolute Gasteiger partial charge is 0.494 e. The number of carbonyl (C=O) groups is 3. The molecule has 5 rings (SSSR count). The van der Waals surface area contributed by atoms with Crippen LogP contribution in [0.3, 0.4) is 0 Å². The molecule has 0 aliphatic carbocycles. The van der Waals surface area contributed by atoms with Gasteiger partial charge in [0.1, 0.15) is 11.4 Å². The molecule has 212 valence electrons. The average Bonchev–Trinajstić information content (AvgIpc) is 3.66. The molecule has 0 unspecified atom stereocenters. The van der Waals surface area contributed by atoms with Crippen molar-refractivity contribution in [2.24, 2.45) is 0 Å². The van der Waals surface area contributed by atoms with Crippen LogP contribution in [-0.2, 0) is 9.59 Å². The van der Waals surface area contributed by atoms with E-state index < -0.39 is 5.91 Å². The predicted molar refractivity (Wildman–Crippen MR) is 171 cm³/mol. The van der Waals surface area contributed by atoms with Crippen LogP contribution < -0.4 is 20.7 Å². The molecule has 42 heavy (non-hydrogen) atoms. The molecule has 3 amide bonds. The number of aromatic nitrogens is 1. The van der Waals surface area contributed by atoms with E-state index in [1.165, 1.54) is 34.4 Å². The van der Waals surface area contributed by atoms with E-state index in [1.807, 2.05) is 54.1 Å². The lowest BCUT2D eigenvalue weighted by molar-refractivity contribution is -0.114. The Labute approximate surface area is 254 Å². The van der Waals surface area contributed by atoms with Crippen LogP contribution >= 0.6 is 34.4 Å². The maximum atomic E-state index is 13.2. The number of fused-ring (bicyclic) bond motifs is 1. The van der Waals surface area contributed by atoms with Crippen LogP contribution in [0.4, 0.5) is 10.8 Å². The highest BCUT2D eigenvalue weighted by Crippen LogP contribution is 2.30. The average molecular weight is 615 g/mol. The van der Waals surface area contributed by atoms with Crippen LogP contribution in [0.1, 0.15) is 22.8 Å². The number of benzene rings is 3. The minimum Gasteiger partial charge on any atom is -0.494 e.